The second kappa shape index (κ2) is 7.23. The highest BCUT2D eigenvalue weighted by Gasteiger charge is 2.30. The molecule has 3 heterocycles. The fourth-order valence-electron chi connectivity index (χ4n) is 2.56. The summed E-state index contributed by atoms with van der Waals surface area (Å²) in [5.41, 5.74) is 0.0696. The third-order valence-corrected chi connectivity index (χ3v) is 3.96. The summed E-state index contributed by atoms with van der Waals surface area (Å²) in [4.78, 5) is 16.6. The molecule has 0 fully saturated rings. The topological polar surface area (TPSA) is 85.8 Å². The van der Waals surface area contributed by atoms with Crippen LogP contribution in [0, 0.1) is 0 Å². The molecule has 1 N–H and O–H groups in total. The molecule has 1 amide bonds. The van der Waals surface area contributed by atoms with E-state index in [-0.39, 0.29) is 17.3 Å². The minimum Gasteiger partial charge on any atom is -0.338 e. The maximum atomic E-state index is 12.7. The van der Waals surface area contributed by atoms with E-state index in [2.05, 4.69) is 20.6 Å². The Morgan fingerprint density at radius 3 is 2.55 bits per heavy atom. The number of nitrogens with one attached hydrogen (secondary N) is 1. The van der Waals surface area contributed by atoms with Crippen molar-refractivity contribution in [1.82, 2.24) is 19.9 Å². The maximum absolute atomic E-state index is 12.7. The zero-order valence-corrected chi connectivity index (χ0v) is 14.6. The molecular formula is C19H12F3N5O2. The predicted octanol–water partition coefficient (Wildman–Crippen LogP) is 4.19. The summed E-state index contributed by atoms with van der Waals surface area (Å²) in [6, 6.07) is 12.5. The first-order chi connectivity index (χ1) is 13.9. The molecule has 0 aliphatic carbocycles. The van der Waals surface area contributed by atoms with Crippen LogP contribution in [0.2, 0.25) is 0 Å². The fraction of sp³-hybridized carbons (Fsp3) is 0.0526. The number of rotatable bonds is 4. The number of halogens is 3. The molecule has 146 valence electrons. The summed E-state index contributed by atoms with van der Waals surface area (Å²) in [5.74, 6) is -0.0315. The molecule has 3 aromatic heterocycles. The number of carbonyl (C=O) groups is 1. The Balaban J connectivity index is 1.49. The molecular weight excluding hydrogens is 387 g/mol. The van der Waals surface area contributed by atoms with E-state index in [1.165, 1.54) is 28.9 Å². The molecule has 0 aliphatic rings. The molecule has 1 aromatic carbocycles. The van der Waals surface area contributed by atoms with Crippen molar-refractivity contribution in [2.75, 3.05) is 5.32 Å². The number of nitrogens with zero attached hydrogens (tertiary/aromatic N) is 4. The number of pyridine rings is 1. The van der Waals surface area contributed by atoms with Gasteiger partial charge in [0.1, 0.15) is 11.4 Å². The van der Waals surface area contributed by atoms with Crippen molar-refractivity contribution >= 4 is 11.8 Å². The van der Waals surface area contributed by atoms with E-state index in [1.54, 1.807) is 30.6 Å². The molecule has 0 saturated carbocycles. The Hall–Kier alpha value is -3.95. The van der Waals surface area contributed by atoms with Crippen LogP contribution in [0.1, 0.15) is 16.1 Å². The second-order valence-corrected chi connectivity index (χ2v) is 5.94. The van der Waals surface area contributed by atoms with Gasteiger partial charge in [0.25, 0.3) is 5.91 Å². The van der Waals surface area contributed by atoms with Gasteiger partial charge in [-0.25, -0.2) is 9.67 Å². The normalized spacial score (nSPS) is 11.4. The van der Waals surface area contributed by atoms with Crippen molar-refractivity contribution in [3.05, 3.63) is 78.2 Å². The van der Waals surface area contributed by atoms with Gasteiger partial charge in [-0.3, -0.25) is 10.1 Å². The Labute approximate surface area is 161 Å². The van der Waals surface area contributed by atoms with Crippen molar-refractivity contribution in [3.63, 3.8) is 0 Å². The second-order valence-electron chi connectivity index (χ2n) is 5.94. The van der Waals surface area contributed by atoms with Crippen molar-refractivity contribution in [2.24, 2.45) is 0 Å². The first-order valence-corrected chi connectivity index (χ1v) is 8.33. The van der Waals surface area contributed by atoms with Gasteiger partial charge in [0.05, 0.1) is 5.56 Å². The van der Waals surface area contributed by atoms with Crippen LogP contribution in [-0.4, -0.2) is 25.8 Å². The Kier molecular flexibility index (Phi) is 4.59. The van der Waals surface area contributed by atoms with Gasteiger partial charge in [-0.15, -0.1) is 0 Å². The molecule has 0 aliphatic heterocycles. The number of anilines is 1. The van der Waals surface area contributed by atoms with E-state index in [9.17, 15) is 18.0 Å². The molecule has 0 unspecified atom stereocenters. The average Bonchev–Trinajstić information content (AvgIpc) is 3.40. The van der Waals surface area contributed by atoms with Crippen LogP contribution < -0.4 is 5.32 Å². The quantitative estimate of drug-likeness (QED) is 0.556. The molecule has 4 rings (SSSR count). The number of benzene rings is 1. The SMILES string of the molecule is O=C(Nc1cc(-c2ccc(C(F)(F)F)cc2)no1)c1cccc(-n2cccn2)n1. The van der Waals surface area contributed by atoms with E-state index in [1.807, 2.05) is 0 Å². The monoisotopic (exact) mass is 399 g/mol. The maximum Gasteiger partial charge on any atom is 0.416 e. The molecule has 10 heteroatoms. The first kappa shape index (κ1) is 18.4. The molecule has 4 aromatic rings. The van der Waals surface area contributed by atoms with E-state index in [0.29, 0.717) is 11.4 Å². The summed E-state index contributed by atoms with van der Waals surface area (Å²) < 4.78 is 44.5. The van der Waals surface area contributed by atoms with Gasteiger partial charge in [-0.05, 0) is 30.3 Å². The summed E-state index contributed by atoms with van der Waals surface area (Å²) in [5, 5.41) is 10.3. The lowest BCUT2D eigenvalue weighted by Gasteiger charge is -2.06. The predicted molar refractivity (Wildman–Crippen MR) is 96.3 cm³/mol. The smallest absolute Gasteiger partial charge is 0.338 e. The van der Waals surface area contributed by atoms with E-state index >= 15 is 0 Å². The summed E-state index contributed by atoms with van der Waals surface area (Å²) >= 11 is 0. The molecule has 0 saturated heterocycles. The number of amides is 1. The number of carbonyl (C=O) groups excluding carboxylic acids is 1. The lowest BCUT2D eigenvalue weighted by atomic mass is 10.1. The van der Waals surface area contributed by atoms with Gasteiger partial charge in [0.2, 0.25) is 5.88 Å². The van der Waals surface area contributed by atoms with Gasteiger partial charge >= 0.3 is 6.18 Å². The Bertz CT molecular complexity index is 1140. The van der Waals surface area contributed by atoms with Crippen molar-refractivity contribution in [3.8, 4) is 17.1 Å². The van der Waals surface area contributed by atoms with Gasteiger partial charge in [-0.2, -0.15) is 18.3 Å². The number of hydrogen-bond acceptors (Lipinski definition) is 5. The highest BCUT2D eigenvalue weighted by atomic mass is 19.4. The molecule has 29 heavy (non-hydrogen) atoms. The number of alkyl halides is 3. The third-order valence-electron chi connectivity index (χ3n) is 3.96. The van der Waals surface area contributed by atoms with Crippen LogP contribution in [-0.2, 0) is 6.18 Å². The minimum absolute atomic E-state index is 0.0381. The standard InChI is InChI=1S/C19H12F3N5O2/c20-19(21,22)13-7-5-12(6-8-13)15-11-17(29-26-15)25-18(28)14-3-1-4-16(24-14)27-10-2-9-23-27/h1-11H,(H,25,28). The van der Waals surface area contributed by atoms with E-state index < -0.39 is 17.6 Å². The van der Waals surface area contributed by atoms with Gasteiger partial charge in [-0.1, -0.05) is 23.4 Å². The highest BCUT2D eigenvalue weighted by molar-refractivity contribution is 6.02. The third kappa shape index (κ3) is 4.00. The van der Waals surface area contributed by atoms with Crippen LogP contribution in [0.25, 0.3) is 17.1 Å². The van der Waals surface area contributed by atoms with Crippen molar-refractivity contribution in [2.45, 2.75) is 6.18 Å². The van der Waals surface area contributed by atoms with Crippen LogP contribution in [0.5, 0.6) is 0 Å². The molecule has 7 nitrogen and oxygen atoms in total. The largest absolute Gasteiger partial charge is 0.416 e. The zero-order valence-electron chi connectivity index (χ0n) is 14.6. The highest BCUT2D eigenvalue weighted by Crippen LogP contribution is 2.31. The van der Waals surface area contributed by atoms with Crippen LogP contribution in [0.4, 0.5) is 19.1 Å². The molecule has 0 bridgehead atoms. The van der Waals surface area contributed by atoms with Crippen LogP contribution >= 0.6 is 0 Å². The summed E-state index contributed by atoms with van der Waals surface area (Å²) in [7, 11) is 0. The first-order valence-electron chi connectivity index (χ1n) is 8.33. The zero-order chi connectivity index (χ0) is 20.4. The lowest BCUT2D eigenvalue weighted by Crippen LogP contribution is -2.14. The van der Waals surface area contributed by atoms with Crippen molar-refractivity contribution < 1.29 is 22.5 Å². The summed E-state index contributed by atoms with van der Waals surface area (Å²) in [6.07, 6.45) is -1.14. The van der Waals surface area contributed by atoms with Gasteiger partial charge in [0.15, 0.2) is 5.82 Å². The van der Waals surface area contributed by atoms with Crippen molar-refractivity contribution in [1.29, 1.82) is 0 Å². The van der Waals surface area contributed by atoms with Crippen LogP contribution in [0.3, 0.4) is 0 Å². The molecule has 0 radical (unpaired) electrons. The summed E-state index contributed by atoms with van der Waals surface area (Å²) in [6.45, 7) is 0. The fourth-order valence-corrected chi connectivity index (χ4v) is 2.56. The van der Waals surface area contributed by atoms with Gasteiger partial charge < -0.3 is 4.52 Å². The number of hydrogen-bond donors (Lipinski definition) is 1. The number of aromatic nitrogens is 4. The van der Waals surface area contributed by atoms with E-state index in [0.717, 1.165) is 12.1 Å². The molecule has 0 spiro atoms. The Morgan fingerprint density at radius 2 is 1.86 bits per heavy atom. The molecule has 0 atom stereocenters. The Morgan fingerprint density at radius 1 is 1.07 bits per heavy atom. The van der Waals surface area contributed by atoms with Gasteiger partial charge in [0, 0.05) is 24.0 Å². The van der Waals surface area contributed by atoms with Crippen LogP contribution in [0.15, 0.2) is 71.5 Å². The average molecular weight is 399 g/mol. The van der Waals surface area contributed by atoms with E-state index in [4.69, 9.17) is 4.52 Å². The minimum atomic E-state index is -4.42. The lowest BCUT2D eigenvalue weighted by molar-refractivity contribution is -0.137.